The Balaban J connectivity index is 1.76. The van der Waals surface area contributed by atoms with Gasteiger partial charge in [0, 0.05) is 13.8 Å². The van der Waals surface area contributed by atoms with Crippen LogP contribution >= 0.6 is 7.60 Å². The van der Waals surface area contributed by atoms with Gasteiger partial charge in [0.25, 0.3) is 5.56 Å². The van der Waals surface area contributed by atoms with E-state index in [9.17, 15) is 14.3 Å². The fourth-order valence-electron chi connectivity index (χ4n) is 3.38. The van der Waals surface area contributed by atoms with Crippen LogP contribution in [0, 0.1) is 0 Å². The second kappa shape index (κ2) is 5.70. The number of hydrogen-bond donors (Lipinski definition) is 2. The lowest BCUT2D eigenvalue weighted by Crippen LogP contribution is -2.45. The van der Waals surface area contributed by atoms with E-state index < -0.39 is 31.6 Å². The van der Waals surface area contributed by atoms with Crippen LogP contribution in [0.15, 0.2) is 17.4 Å². The lowest BCUT2D eigenvalue weighted by atomic mass is 10.0. The summed E-state index contributed by atoms with van der Waals surface area (Å²) in [6.07, 6.45) is 0.486. The third kappa shape index (κ3) is 2.64. The van der Waals surface area contributed by atoms with Crippen molar-refractivity contribution in [2.24, 2.45) is 0 Å². The van der Waals surface area contributed by atoms with Crippen LogP contribution < -0.4 is 5.56 Å². The van der Waals surface area contributed by atoms with Crippen molar-refractivity contribution in [1.29, 1.82) is 0 Å². The van der Waals surface area contributed by atoms with Crippen molar-refractivity contribution in [2.45, 2.75) is 24.0 Å². The highest BCUT2D eigenvalue weighted by Crippen LogP contribution is 2.52. The van der Waals surface area contributed by atoms with Gasteiger partial charge >= 0.3 is 7.60 Å². The van der Waals surface area contributed by atoms with E-state index in [4.69, 9.17) is 18.7 Å². The van der Waals surface area contributed by atoms with E-state index in [1.54, 1.807) is 4.57 Å². The van der Waals surface area contributed by atoms with Gasteiger partial charge in [0.2, 0.25) is 0 Å². The predicted molar refractivity (Wildman–Crippen MR) is 83.2 cm³/mol. The summed E-state index contributed by atoms with van der Waals surface area (Å²) in [7, 11) is -2.29. The molecule has 2 saturated heterocycles. The molecule has 5 atom stereocenters. The Morgan fingerprint density at radius 1 is 1.56 bits per heavy atom. The summed E-state index contributed by atoms with van der Waals surface area (Å²) in [6, 6.07) is 0. The third-order valence-electron chi connectivity index (χ3n) is 4.31. The molecular weight excluding hydrogens is 355 g/mol. The zero-order valence-corrected chi connectivity index (χ0v) is 14.4. The number of aromatic amines is 1. The molecule has 0 spiro atoms. The van der Waals surface area contributed by atoms with Crippen molar-refractivity contribution in [3.63, 3.8) is 0 Å². The highest BCUT2D eigenvalue weighted by atomic mass is 31.2. The van der Waals surface area contributed by atoms with Crippen LogP contribution in [0.2, 0.25) is 0 Å². The Labute approximate surface area is 141 Å². The van der Waals surface area contributed by atoms with Crippen molar-refractivity contribution in [2.75, 3.05) is 27.0 Å². The third-order valence-corrected chi connectivity index (χ3v) is 4.93. The first-order chi connectivity index (χ1) is 11.8. The average Bonchev–Trinajstić information content (AvgIpc) is 3.17. The Kier molecular flexibility index (Phi) is 3.83. The quantitative estimate of drug-likeness (QED) is 0.673. The van der Waals surface area contributed by atoms with Crippen LogP contribution in [0.3, 0.4) is 0 Å². The number of aromatic nitrogens is 4. The number of ether oxygens (including phenoxy) is 3. The van der Waals surface area contributed by atoms with E-state index >= 15 is 0 Å². The van der Waals surface area contributed by atoms with E-state index in [0.29, 0.717) is 5.65 Å². The molecule has 2 N–H and O–H groups in total. The Hall–Kier alpha value is -1.62. The molecule has 2 aromatic heterocycles. The highest BCUT2D eigenvalue weighted by Gasteiger charge is 2.64. The van der Waals surface area contributed by atoms with Gasteiger partial charge in [-0.1, -0.05) is 0 Å². The standard InChI is InChI=1S/C13H17N4O7P/c1-21-3-13-4-22-8(9(13)24-25(2,19)20)12(23-13)17-6-16-7-10(17)14-5-15-11(7)18/h5-6,8-9,12H,3-4H2,1-2H3,(H,19,20)(H,14,15,18)/t8-,9?,12+,13-/m0/s1. The summed E-state index contributed by atoms with van der Waals surface area (Å²) >= 11 is 0. The van der Waals surface area contributed by atoms with Crippen molar-refractivity contribution < 1.29 is 28.2 Å². The van der Waals surface area contributed by atoms with Gasteiger partial charge in [-0.05, 0) is 0 Å². The minimum atomic E-state index is -3.79. The topological polar surface area (TPSA) is 138 Å². The molecule has 2 aliphatic heterocycles. The maximum absolute atomic E-state index is 11.8. The fraction of sp³-hybridized carbons (Fsp3) is 0.615. The summed E-state index contributed by atoms with van der Waals surface area (Å²) in [4.78, 5) is 32.1. The van der Waals surface area contributed by atoms with Crippen molar-refractivity contribution in [3.05, 3.63) is 23.0 Å². The minimum absolute atomic E-state index is 0.116. The predicted octanol–water partition coefficient (Wildman–Crippen LogP) is -0.367. The molecule has 2 aliphatic rings. The minimum Gasteiger partial charge on any atom is -0.381 e. The number of methoxy groups -OCH3 is 1. The molecule has 2 bridgehead atoms. The molecule has 0 aliphatic carbocycles. The Bertz CT molecular complexity index is 907. The average molecular weight is 372 g/mol. The summed E-state index contributed by atoms with van der Waals surface area (Å²) in [5, 5.41) is 0. The Morgan fingerprint density at radius 3 is 3.08 bits per heavy atom. The smallest absolute Gasteiger partial charge is 0.325 e. The maximum Gasteiger partial charge on any atom is 0.325 e. The number of fused-ring (bicyclic) bond motifs is 3. The lowest BCUT2D eigenvalue weighted by Gasteiger charge is -2.31. The van der Waals surface area contributed by atoms with E-state index in [-0.39, 0.29) is 24.3 Å². The van der Waals surface area contributed by atoms with E-state index in [0.717, 1.165) is 6.66 Å². The van der Waals surface area contributed by atoms with Gasteiger partial charge in [-0.15, -0.1) is 0 Å². The number of nitrogens with one attached hydrogen (secondary N) is 1. The van der Waals surface area contributed by atoms with Crippen LogP contribution in [0.5, 0.6) is 0 Å². The second-order valence-electron chi connectivity index (χ2n) is 6.17. The molecule has 0 saturated carbocycles. The van der Waals surface area contributed by atoms with E-state index in [2.05, 4.69) is 15.0 Å². The molecule has 136 valence electrons. The number of H-pyrrole nitrogens is 1. The molecule has 4 rings (SSSR count). The summed E-state index contributed by atoms with van der Waals surface area (Å²) < 4.78 is 35.8. The van der Waals surface area contributed by atoms with Crippen molar-refractivity contribution >= 4 is 18.8 Å². The molecule has 0 amide bonds. The van der Waals surface area contributed by atoms with Crippen molar-refractivity contribution in [1.82, 2.24) is 19.5 Å². The number of nitrogens with zero attached hydrogens (tertiary/aromatic N) is 3. The Morgan fingerprint density at radius 2 is 2.36 bits per heavy atom. The van der Waals surface area contributed by atoms with Gasteiger partial charge in [-0.25, -0.2) is 9.97 Å². The van der Waals surface area contributed by atoms with Gasteiger partial charge in [0.1, 0.15) is 17.8 Å². The highest BCUT2D eigenvalue weighted by molar-refractivity contribution is 7.51. The normalized spacial score (nSPS) is 33.8. The van der Waals surface area contributed by atoms with Crippen LogP contribution in [0.25, 0.3) is 11.2 Å². The number of imidazole rings is 1. The van der Waals surface area contributed by atoms with Crippen LogP contribution in [0.4, 0.5) is 0 Å². The van der Waals surface area contributed by atoms with E-state index in [1.807, 2.05) is 0 Å². The van der Waals surface area contributed by atoms with Gasteiger partial charge in [0.05, 0.1) is 25.9 Å². The molecular formula is C13H17N4O7P. The van der Waals surface area contributed by atoms with Crippen LogP contribution in [0.1, 0.15) is 6.23 Å². The van der Waals surface area contributed by atoms with Gasteiger partial charge in [-0.3, -0.25) is 18.5 Å². The lowest BCUT2D eigenvalue weighted by molar-refractivity contribution is -0.188. The first kappa shape index (κ1) is 16.8. The SMILES string of the molecule is COC[C@]12CO[C@@H](C1OP(C)(=O)O)[C@H](n1cnc3c(=O)[nH]cnc31)O2. The van der Waals surface area contributed by atoms with Crippen LogP contribution in [-0.2, 0) is 23.3 Å². The number of rotatable bonds is 5. The zero-order valence-electron chi connectivity index (χ0n) is 13.5. The van der Waals surface area contributed by atoms with Gasteiger partial charge in [0.15, 0.2) is 17.4 Å². The molecule has 2 unspecified atom stereocenters. The van der Waals surface area contributed by atoms with Crippen molar-refractivity contribution in [3.8, 4) is 0 Å². The molecule has 11 nitrogen and oxygen atoms in total. The van der Waals surface area contributed by atoms with Crippen LogP contribution in [-0.4, -0.2) is 69.2 Å². The first-order valence-electron chi connectivity index (χ1n) is 7.52. The molecule has 0 aromatic carbocycles. The van der Waals surface area contributed by atoms with Gasteiger partial charge in [-0.2, -0.15) is 0 Å². The molecule has 2 aromatic rings. The molecule has 4 heterocycles. The summed E-state index contributed by atoms with van der Waals surface area (Å²) in [5.74, 6) is 0. The first-order valence-corrected chi connectivity index (χ1v) is 9.54. The monoisotopic (exact) mass is 372 g/mol. The van der Waals surface area contributed by atoms with Gasteiger partial charge < -0.3 is 24.1 Å². The van der Waals surface area contributed by atoms with E-state index in [1.165, 1.54) is 19.8 Å². The molecule has 2 fully saturated rings. The molecule has 0 radical (unpaired) electrons. The summed E-state index contributed by atoms with van der Waals surface area (Å²) in [5.41, 5.74) is -0.924. The number of hydrogen-bond acceptors (Lipinski definition) is 8. The molecule has 12 heteroatoms. The maximum atomic E-state index is 11.8. The summed E-state index contributed by atoms with van der Waals surface area (Å²) in [6.45, 7) is 1.38. The fourth-order valence-corrected chi connectivity index (χ4v) is 4.11. The molecule has 25 heavy (non-hydrogen) atoms. The largest absolute Gasteiger partial charge is 0.381 e. The second-order valence-corrected chi connectivity index (χ2v) is 7.98. The zero-order chi connectivity index (χ0) is 17.8.